The van der Waals surface area contributed by atoms with E-state index in [2.05, 4.69) is 20.5 Å². The number of aromatic hydroxyl groups is 1. The third kappa shape index (κ3) is 3.45. The summed E-state index contributed by atoms with van der Waals surface area (Å²) in [4.78, 5) is 4.09. The minimum atomic E-state index is -4.55. The van der Waals surface area contributed by atoms with Crippen LogP contribution >= 0.6 is 0 Å². The van der Waals surface area contributed by atoms with E-state index in [1.807, 2.05) is 0 Å². The van der Waals surface area contributed by atoms with Gasteiger partial charge >= 0.3 is 6.18 Å². The van der Waals surface area contributed by atoms with Gasteiger partial charge in [-0.2, -0.15) is 13.2 Å². The fourth-order valence-electron chi connectivity index (χ4n) is 3.34. The number of pyridine rings is 1. The third-order valence-electron chi connectivity index (χ3n) is 4.93. The summed E-state index contributed by atoms with van der Waals surface area (Å²) < 4.78 is 38.5. The molecule has 1 fully saturated rings. The molecule has 0 radical (unpaired) electrons. The van der Waals surface area contributed by atoms with Gasteiger partial charge in [0.05, 0.1) is 11.7 Å². The fourth-order valence-corrected chi connectivity index (χ4v) is 3.34. The van der Waals surface area contributed by atoms with Crippen molar-refractivity contribution in [2.45, 2.75) is 25.1 Å². The van der Waals surface area contributed by atoms with E-state index < -0.39 is 17.5 Å². The molecule has 1 aromatic carbocycles. The fraction of sp³-hybridized carbons (Fsp3) is 0.316. The van der Waals surface area contributed by atoms with Crippen LogP contribution in [0.4, 0.5) is 19.0 Å². The summed E-state index contributed by atoms with van der Waals surface area (Å²) in [6.07, 6.45) is -0.201. The minimum Gasteiger partial charge on any atom is -0.507 e. The van der Waals surface area contributed by atoms with Crippen molar-refractivity contribution in [1.82, 2.24) is 15.2 Å². The van der Waals surface area contributed by atoms with Crippen LogP contribution in [-0.2, 0) is 6.18 Å². The first-order chi connectivity index (χ1) is 13.3. The van der Waals surface area contributed by atoms with Gasteiger partial charge in [-0.25, -0.2) is 0 Å². The van der Waals surface area contributed by atoms with E-state index in [1.54, 1.807) is 18.5 Å². The summed E-state index contributed by atoms with van der Waals surface area (Å²) in [6.45, 7) is 0.626. The second kappa shape index (κ2) is 6.90. The van der Waals surface area contributed by atoms with Crippen LogP contribution in [0.2, 0.25) is 0 Å². The summed E-state index contributed by atoms with van der Waals surface area (Å²) in [5.74, 6) is 0.327. The van der Waals surface area contributed by atoms with E-state index in [0.717, 1.165) is 18.9 Å². The highest BCUT2D eigenvalue weighted by Crippen LogP contribution is 2.38. The molecular weight excluding hydrogens is 373 g/mol. The largest absolute Gasteiger partial charge is 0.507 e. The maximum Gasteiger partial charge on any atom is 0.416 e. The molecule has 0 aliphatic heterocycles. The van der Waals surface area contributed by atoms with Crippen molar-refractivity contribution < 1.29 is 23.4 Å². The number of nitrogens with one attached hydrogen (secondary N) is 1. The molecule has 6 nitrogen and oxygen atoms in total. The number of hydrogen-bond acceptors (Lipinski definition) is 6. The third-order valence-corrected chi connectivity index (χ3v) is 4.93. The van der Waals surface area contributed by atoms with Crippen molar-refractivity contribution in [3.8, 4) is 17.0 Å². The Morgan fingerprint density at radius 3 is 2.57 bits per heavy atom. The van der Waals surface area contributed by atoms with E-state index in [4.69, 9.17) is 0 Å². The topological polar surface area (TPSA) is 91.2 Å². The highest BCUT2D eigenvalue weighted by atomic mass is 19.4. The molecule has 3 N–H and O–H groups in total. The summed E-state index contributed by atoms with van der Waals surface area (Å²) >= 11 is 0. The number of aliphatic hydroxyl groups excluding tert-OH is 1. The number of aliphatic hydroxyl groups is 1. The molecule has 1 saturated carbocycles. The Bertz CT molecular complexity index is 1020. The number of hydrogen-bond donors (Lipinski definition) is 3. The molecule has 9 heteroatoms. The Balaban J connectivity index is 1.70. The van der Waals surface area contributed by atoms with Crippen LogP contribution in [0, 0.1) is 5.92 Å². The number of rotatable bonds is 4. The van der Waals surface area contributed by atoms with Crippen LogP contribution in [0.1, 0.15) is 18.4 Å². The molecular formula is C19H17F3N4O2. The summed E-state index contributed by atoms with van der Waals surface area (Å²) in [6, 6.07) is 4.44. The SMILES string of the molecule is Oc1cc(C(F)(F)F)ccc1-c1nnc(NC[C@H]2C[C@H](O)C2)c2cnccc12. The quantitative estimate of drug-likeness (QED) is 0.631. The van der Waals surface area contributed by atoms with Crippen LogP contribution in [-0.4, -0.2) is 38.0 Å². The first kappa shape index (κ1) is 18.4. The van der Waals surface area contributed by atoms with Crippen LogP contribution in [0.3, 0.4) is 0 Å². The Hall–Kier alpha value is -2.94. The van der Waals surface area contributed by atoms with Gasteiger partial charge in [-0.05, 0) is 43.0 Å². The Morgan fingerprint density at radius 1 is 1.11 bits per heavy atom. The Morgan fingerprint density at radius 2 is 1.89 bits per heavy atom. The lowest BCUT2D eigenvalue weighted by atomic mass is 9.82. The molecule has 0 spiro atoms. The van der Waals surface area contributed by atoms with Gasteiger partial charge in [0.1, 0.15) is 11.4 Å². The predicted molar refractivity (Wildman–Crippen MR) is 96.7 cm³/mol. The first-order valence-corrected chi connectivity index (χ1v) is 8.76. The van der Waals surface area contributed by atoms with Crippen LogP contribution in [0.15, 0.2) is 36.7 Å². The summed E-state index contributed by atoms with van der Waals surface area (Å²) in [5.41, 5.74) is -0.507. The molecule has 4 rings (SSSR count). The number of alkyl halides is 3. The van der Waals surface area contributed by atoms with Gasteiger partial charge in [0.15, 0.2) is 5.82 Å². The number of phenolic OH excluding ortho intramolecular Hbond substituents is 1. The number of fused-ring (bicyclic) bond motifs is 1. The van der Waals surface area contributed by atoms with Gasteiger partial charge < -0.3 is 15.5 Å². The van der Waals surface area contributed by atoms with Gasteiger partial charge in [0.2, 0.25) is 0 Å². The van der Waals surface area contributed by atoms with Crippen molar-refractivity contribution in [1.29, 1.82) is 0 Å². The highest BCUT2D eigenvalue weighted by molar-refractivity contribution is 6.00. The number of aromatic nitrogens is 3. The van der Waals surface area contributed by atoms with Gasteiger partial charge in [-0.1, -0.05) is 0 Å². The van der Waals surface area contributed by atoms with Gasteiger partial charge in [-0.3, -0.25) is 4.98 Å². The number of benzene rings is 1. The normalized spacial score (nSPS) is 19.4. The average Bonchev–Trinajstić information content (AvgIpc) is 2.63. The number of phenols is 1. The molecule has 146 valence electrons. The maximum absolute atomic E-state index is 12.8. The summed E-state index contributed by atoms with van der Waals surface area (Å²) in [7, 11) is 0. The molecule has 2 heterocycles. The minimum absolute atomic E-state index is 0.158. The van der Waals surface area contributed by atoms with Crippen LogP contribution in [0.5, 0.6) is 5.75 Å². The average molecular weight is 390 g/mol. The zero-order valence-corrected chi connectivity index (χ0v) is 14.6. The van der Waals surface area contributed by atoms with Gasteiger partial charge in [0.25, 0.3) is 0 Å². The van der Waals surface area contributed by atoms with Gasteiger partial charge in [0, 0.05) is 35.3 Å². The van der Waals surface area contributed by atoms with E-state index in [0.29, 0.717) is 35.1 Å². The van der Waals surface area contributed by atoms with Crippen molar-refractivity contribution >= 4 is 16.6 Å². The predicted octanol–water partition coefficient (Wildman–Crippen LogP) is 3.60. The zero-order valence-electron chi connectivity index (χ0n) is 14.6. The van der Waals surface area contributed by atoms with Crippen LogP contribution < -0.4 is 5.32 Å². The van der Waals surface area contributed by atoms with E-state index >= 15 is 0 Å². The lowest BCUT2D eigenvalue weighted by Crippen LogP contribution is -2.33. The molecule has 0 unspecified atom stereocenters. The van der Waals surface area contributed by atoms with Crippen LogP contribution in [0.25, 0.3) is 22.0 Å². The second-order valence-electron chi connectivity index (χ2n) is 6.92. The highest BCUT2D eigenvalue weighted by Gasteiger charge is 2.31. The molecule has 28 heavy (non-hydrogen) atoms. The van der Waals surface area contributed by atoms with Crippen molar-refractivity contribution in [2.24, 2.45) is 5.92 Å². The molecule has 0 amide bonds. The Kier molecular flexibility index (Phi) is 4.54. The number of nitrogens with zero attached hydrogens (tertiary/aromatic N) is 3. The monoisotopic (exact) mass is 390 g/mol. The van der Waals surface area contributed by atoms with Crippen molar-refractivity contribution in [2.75, 3.05) is 11.9 Å². The molecule has 1 aliphatic rings. The molecule has 0 atom stereocenters. The number of halogens is 3. The zero-order chi connectivity index (χ0) is 19.9. The van der Waals surface area contributed by atoms with Gasteiger partial charge in [-0.15, -0.1) is 10.2 Å². The van der Waals surface area contributed by atoms with E-state index in [-0.39, 0.29) is 17.4 Å². The maximum atomic E-state index is 12.8. The molecule has 0 bridgehead atoms. The number of anilines is 1. The standard InChI is InChI=1S/C19H17F3N4O2/c20-19(21,22)11-1-2-14(16(28)7-11)17-13-3-4-23-9-15(13)18(26-25-17)24-8-10-5-12(27)6-10/h1-4,7,9-10,12,27-28H,5-6,8H2,(H,24,26)/t10-,12-. The second-order valence-corrected chi connectivity index (χ2v) is 6.92. The van der Waals surface area contributed by atoms with Crippen molar-refractivity contribution in [3.63, 3.8) is 0 Å². The molecule has 0 saturated heterocycles. The first-order valence-electron chi connectivity index (χ1n) is 8.76. The summed E-state index contributed by atoms with van der Waals surface area (Å²) in [5, 5.41) is 32.3. The molecule has 2 aromatic heterocycles. The van der Waals surface area contributed by atoms with E-state index in [1.165, 1.54) is 6.07 Å². The molecule has 3 aromatic rings. The smallest absolute Gasteiger partial charge is 0.416 e. The lowest BCUT2D eigenvalue weighted by molar-refractivity contribution is -0.137. The Labute approximate surface area is 158 Å². The van der Waals surface area contributed by atoms with Crippen molar-refractivity contribution in [3.05, 3.63) is 42.2 Å². The molecule has 1 aliphatic carbocycles. The lowest BCUT2D eigenvalue weighted by Gasteiger charge is -2.31. The van der Waals surface area contributed by atoms with E-state index in [9.17, 15) is 23.4 Å².